The van der Waals surface area contributed by atoms with E-state index in [0.29, 0.717) is 0 Å². The van der Waals surface area contributed by atoms with Crippen LogP contribution >= 0.6 is 0 Å². The average molecular weight is 195 g/mol. The Morgan fingerprint density at radius 1 is 1.50 bits per heavy atom. The summed E-state index contributed by atoms with van der Waals surface area (Å²) in [7, 11) is 4.20. The van der Waals surface area contributed by atoms with Crippen molar-refractivity contribution in [3.05, 3.63) is 18.5 Å². The molecular formula is C10H17N3O. The fourth-order valence-corrected chi connectivity index (χ4v) is 2.03. The van der Waals surface area contributed by atoms with Gasteiger partial charge >= 0.3 is 0 Å². The summed E-state index contributed by atoms with van der Waals surface area (Å²) in [6.07, 6.45) is 3.83. The van der Waals surface area contributed by atoms with E-state index in [1.165, 1.54) is 0 Å². The van der Waals surface area contributed by atoms with E-state index in [1.807, 2.05) is 23.1 Å². The van der Waals surface area contributed by atoms with E-state index in [4.69, 9.17) is 4.74 Å². The van der Waals surface area contributed by atoms with Crippen molar-refractivity contribution in [3.63, 3.8) is 0 Å². The molecule has 0 radical (unpaired) electrons. The molecule has 0 N–H and O–H groups in total. The van der Waals surface area contributed by atoms with Crippen LogP contribution in [0.4, 0.5) is 0 Å². The third-order valence-electron chi connectivity index (χ3n) is 2.52. The zero-order chi connectivity index (χ0) is 10.0. The van der Waals surface area contributed by atoms with E-state index in [1.54, 1.807) is 0 Å². The van der Waals surface area contributed by atoms with E-state index < -0.39 is 0 Å². The van der Waals surface area contributed by atoms with E-state index in [0.717, 1.165) is 26.3 Å². The third-order valence-corrected chi connectivity index (χ3v) is 2.52. The first-order chi connectivity index (χ1) is 6.70. The number of ether oxygens (including phenoxy) is 1. The van der Waals surface area contributed by atoms with Crippen molar-refractivity contribution in [2.24, 2.45) is 5.41 Å². The first-order valence-corrected chi connectivity index (χ1v) is 4.90. The molecule has 1 fully saturated rings. The van der Waals surface area contributed by atoms with Gasteiger partial charge in [0.25, 0.3) is 0 Å². The Balaban J connectivity index is 1.99. The fourth-order valence-electron chi connectivity index (χ4n) is 2.03. The fraction of sp³-hybridized carbons (Fsp3) is 0.700. The second kappa shape index (κ2) is 3.71. The van der Waals surface area contributed by atoms with E-state index >= 15 is 0 Å². The summed E-state index contributed by atoms with van der Waals surface area (Å²) in [5, 5.41) is 4.23. The highest BCUT2D eigenvalue weighted by Crippen LogP contribution is 2.29. The van der Waals surface area contributed by atoms with Crippen molar-refractivity contribution in [1.82, 2.24) is 14.7 Å². The Bertz CT molecular complexity index is 278. The number of nitrogens with zero attached hydrogens (tertiary/aromatic N) is 3. The van der Waals surface area contributed by atoms with Crippen LogP contribution in [0.25, 0.3) is 0 Å². The van der Waals surface area contributed by atoms with Crippen molar-refractivity contribution in [2.45, 2.75) is 6.54 Å². The predicted molar refractivity (Wildman–Crippen MR) is 54.0 cm³/mol. The van der Waals surface area contributed by atoms with Gasteiger partial charge in [0.15, 0.2) is 0 Å². The number of rotatable bonds is 4. The van der Waals surface area contributed by atoms with E-state index in [2.05, 4.69) is 24.1 Å². The Kier molecular flexibility index (Phi) is 2.56. The average Bonchev–Trinajstić information content (AvgIpc) is 2.51. The van der Waals surface area contributed by atoms with Gasteiger partial charge in [0.05, 0.1) is 19.8 Å². The lowest BCUT2D eigenvalue weighted by Gasteiger charge is -2.43. The number of aromatic nitrogens is 2. The molecule has 0 bridgehead atoms. The maximum atomic E-state index is 5.32. The molecule has 78 valence electrons. The monoisotopic (exact) mass is 195 g/mol. The van der Waals surface area contributed by atoms with Crippen molar-refractivity contribution < 1.29 is 4.74 Å². The highest BCUT2D eigenvalue weighted by Gasteiger charge is 2.39. The van der Waals surface area contributed by atoms with Gasteiger partial charge in [-0.1, -0.05) is 0 Å². The van der Waals surface area contributed by atoms with Crippen LogP contribution in [0, 0.1) is 5.41 Å². The van der Waals surface area contributed by atoms with Crippen molar-refractivity contribution in [2.75, 3.05) is 33.9 Å². The molecule has 1 aliphatic rings. The summed E-state index contributed by atoms with van der Waals surface area (Å²) in [5.41, 5.74) is 0.273. The second-order valence-electron chi connectivity index (χ2n) is 4.43. The summed E-state index contributed by atoms with van der Waals surface area (Å²) < 4.78 is 7.31. The van der Waals surface area contributed by atoms with Crippen LogP contribution in [-0.2, 0) is 11.3 Å². The number of hydrogen-bond acceptors (Lipinski definition) is 3. The van der Waals surface area contributed by atoms with Crippen LogP contribution in [0.15, 0.2) is 18.5 Å². The zero-order valence-electron chi connectivity index (χ0n) is 8.81. The Morgan fingerprint density at radius 3 is 2.71 bits per heavy atom. The molecule has 0 amide bonds. The van der Waals surface area contributed by atoms with Gasteiger partial charge in [-0.2, -0.15) is 5.10 Å². The second-order valence-corrected chi connectivity index (χ2v) is 4.43. The number of hydrogen-bond donors (Lipinski definition) is 0. The Hall–Kier alpha value is -0.870. The van der Waals surface area contributed by atoms with Crippen LogP contribution in [0.2, 0.25) is 0 Å². The van der Waals surface area contributed by atoms with Gasteiger partial charge in [0.1, 0.15) is 0 Å². The predicted octanol–water partition coefficient (Wildman–Crippen LogP) is 0.461. The molecule has 4 heteroatoms. The molecule has 1 aliphatic heterocycles. The quantitative estimate of drug-likeness (QED) is 0.699. The van der Waals surface area contributed by atoms with Crippen LogP contribution in [0.3, 0.4) is 0 Å². The minimum atomic E-state index is 0.273. The largest absolute Gasteiger partial charge is 0.380 e. The maximum Gasteiger partial charge on any atom is 0.0575 e. The minimum absolute atomic E-state index is 0.273. The topological polar surface area (TPSA) is 30.3 Å². The highest BCUT2D eigenvalue weighted by atomic mass is 16.5. The molecule has 0 spiro atoms. The molecule has 14 heavy (non-hydrogen) atoms. The van der Waals surface area contributed by atoms with Crippen LogP contribution in [0.1, 0.15) is 0 Å². The normalized spacial score (nSPS) is 19.6. The molecule has 0 atom stereocenters. The van der Waals surface area contributed by atoms with Crippen LogP contribution in [-0.4, -0.2) is 48.5 Å². The van der Waals surface area contributed by atoms with Crippen LogP contribution < -0.4 is 0 Å². The molecule has 1 saturated heterocycles. The molecule has 2 rings (SSSR count). The maximum absolute atomic E-state index is 5.32. The van der Waals surface area contributed by atoms with Gasteiger partial charge in [0, 0.05) is 24.4 Å². The molecular weight excluding hydrogens is 178 g/mol. The molecule has 1 aromatic heterocycles. The third kappa shape index (κ3) is 1.96. The standard InChI is InChI=1S/C10H17N3O/c1-12(2)6-10(8-14-9-10)7-13-5-3-4-11-13/h3-5H,6-9H2,1-2H3. The van der Waals surface area contributed by atoms with Crippen molar-refractivity contribution in [3.8, 4) is 0 Å². The smallest absolute Gasteiger partial charge is 0.0575 e. The highest BCUT2D eigenvalue weighted by molar-refractivity contribution is 4.89. The lowest BCUT2D eigenvalue weighted by atomic mass is 9.85. The first-order valence-electron chi connectivity index (χ1n) is 4.90. The van der Waals surface area contributed by atoms with Gasteiger partial charge in [-0.3, -0.25) is 4.68 Å². The Morgan fingerprint density at radius 2 is 2.29 bits per heavy atom. The lowest BCUT2D eigenvalue weighted by molar-refractivity contribution is -0.132. The van der Waals surface area contributed by atoms with Gasteiger partial charge in [0.2, 0.25) is 0 Å². The molecule has 2 heterocycles. The van der Waals surface area contributed by atoms with Gasteiger partial charge in [-0.15, -0.1) is 0 Å². The van der Waals surface area contributed by atoms with E-state index in [-0.39, 0.29) is 5.41 Å². The van der Waals surface area contributed by atoms with Crippen molar-refractivity contribution in [1.29, 1.82) is 0 Å². The molecule has 0 saturated carbocycles. The van der Waals surface area contributed by atoms with Gasteiger partial charge in [-0.05, 0) is 20.2 Å². The molecule has 4 nitrogen and oxygen atoms in total. The summed E-state index contributed by atoms with van der Waals surface area (Å²) >= 11 is 0. The molecule has 1 aromatic rings. The van der Waals surface area contributed by atoms with Gasteiger partial charge in [-0.25, -0.2) is 0 Å². The first kappa shape index (κ1) is 9.68. The SMILES string of the molecule is CN(C)CC1(Cn2cccn2)COC1. The summed E-state index contributed by atoms with van der Waals surface area (Å²) in [6, 6.07) is 1.96. The summed E-state index contributed by atoms with van der Waals surface area (Å²) in [5.74, 6) is 0. The summed E-state index contributed by atoms with van der Waals surface area (Å²) in [4.78, 5) is 2.21. The van der Waals surface area contributed by atoms with Gasteiger partial charge < -0.3 is 9.64 Å². The zero-order valence-corrected chi connectivity index (χ0v) is 8.81. The minimum Gasteiger partial charge on any atom is -0.380 e. The summed E-state index contributed by atoms with van der Waals surface area (Å²) in [6.45, 7) is 3.72. The molecule has 0 unspecified atom stereocenters. The van der Waals surface area contributed by atoms with Crippen molar-refractivity contribution >= 4 is 0 Å². The lowest BCUT2D eigenvalue weighted by Crippen LogP contribution is -2.52. The molecule has 0 aliphatic carbocycles. The van der Waals surface area contributed by atoms with Crippen LogP contribution in [0.5, 0.6) is 0 Å². The Labute approximate surface area is 84.5 Å². The van der Waals surface area contributed by atoms with E-state index in [9.17, 15) is 0 Å². The molecule has 0 aromatic carbocycles.